The van der Waals surface area contributed by atoms with Crippen molar-refractivity contribution in [3.8, 4) is 12.3 Å². The first kappa shape index (κ1) is 14.0. The Morgan fingerprint density at radius 2 is 2.33 bits per heavy atom. The number of benzene rings is 1. The molecule has 1 aromatic rings. The number of rotatable bonds is 4. The molecule has 1 atom stereocenters. The lowest BCUT2D eigenvalue weighted by Gasteiger charge is -2.10. The van der Waals surface area contributed by atoms with E-state index in [4.69, 9.17) is 18.0 Å². The molecule has 94 valence electrons. The Balaban J connectivity index is 3.06. The highest BCUT2D eigenvalue weighted by molar-refractivity contribution is 6.31. The summed E-state index contributed by atoms with van der Waals surface area (Å²) in [5.74, 6) is 1.80. The molecular weight excluding hydrogens is 256 g/mol. The molecule has 0 fully saturated rings. The summed E-state index contributed by atoms with van der Waals surface area (Å²) in [5, 5.41) is 13.6. The molecule has 1 rings (SSSR count). The average molecular weight is 267 g/mol. The lowest BCUT2D eigenvalue weighted by atomic mass is 10.1. The minimum atomic E-state index is -0.655. The Hall–Kier alpha value is -2.06. The number of nitro benzene ring substituents is 1. The van der Waals surface area contributed by atoms with Crippen molar-refractivity contribution >= 4 is 23.2 Å². The lowest BCUT2D eigenvalue weighted by molar-refractivity contribution is -0.385. The van der Waals surface area contributed by atoms with Crippen molar-refractivity contribution in [3.63, 3.8) is 0 Å². The van der Waals surface area contributed by atoms with Gasteiger partial charge in [0.25, 0.3) is 11.6 Å². The Bertz CT molecular complexity index is 523. The van der Waals surface area contributed by atoms with Crippen LogP contribution in [0.2, 0.25) is 5.02 Å². The van der Waals surface area contributed by atoms with Crippen LogP contribution in [0.5, 0.6) is 0 Å². The third-order valence-electron chi connectivity index (χ3n) is 2.32. The Kier molecular flexibility index (Phi) is 4.69. The van der Waals surface area contributed by atoms with Crippen LogP contribution in [0.4, 0.5) is 5.69 Å². The molecular formula is C12H11ClN2O3. The van der Waals surface area contributed by atoms with Gasteiger partial charge in [-0.1, -0.05) is 24.4 Å². The molecule has 0 saturated carbocycles. The third kappa shape index (κ3) is 3.22. The smallest absolute Gasteiger partial charge is 0.283 e. The summed E-state index contributed by atoms with van der Waals surface area (Å²) in [4.78, 5) is 22.0. The number of hydrogen-bond donors (Lipinski definition) is 1. The zero-order chi connectivity index (χ0) is 13.7. The van der Waals surface area contributed by atoms with Crippen LogP contribution in [0.25, 0.3) is 0 Å². The molecule has 0 bridgehead atoms. The van der Waals surface area contributed by atoms with Gasteiger partial charge in [0, 0.05) is 11.1 Å². The monoisotopic (exact) mass is 266 g/mol. The SMILES string of the molecule is C#CC(CC)NC(=O)c1ccc(Cl)cc1[N+](=O)[O-]. The zero-order valence-corrected chi connectivity index (χ0v) is 10.4. The van der Waals surface area contributed by atoms with Crippen molar-refractivity contribution in [2.75, 3.05) is 0 Å². The van der Waals surface area contributed by atoms with Gasteiger partial charge in [0.2, 0.25) is 0 Å². The van der Waals surface area contributed by atoms with Gasteiger partial charge in [-0.25, -0.2) is 0 Å². The predicted molar refractivity (Wildman–Crippen MR) is 68.5 cm³/mol. The van der Waals surface area contributed by atoms with E-state index in [0.29, 0.717) is 6.42 Å². The van der Waals surface area contributed by atoms with E-state index in [1.165, 1.54) is 12.1 Å². The first-order valence-electron chi connectivity index (χ1n) is 5.20. The van der Waals surface area contributed by atoms with Crippen LogP contribution in [-0.4, -0.2) is 16.9 Å². The fraction of sp³-hybridized carbons (Fsp3) is 0.250. The highest BCUT2D eigenvalue weighted by Gasteiger charge is 2.21. The average Bonchev–Trinajstić information content (AvgIpc) is 2.35. The minimum Gasteiger partial charge on any atom is -0.338 e. The first-order chi connectivity index (χ1) is 8.49. The van der Waals surface area contributed by atoms with E-state index < -0.39 is 16.9 Å². The minimum absolute atomic E-state index is 0.0573. The van der Waals surface area contributed by atoms with Crippen molar-refractivity contribution in [2.24, 2.45) is 0 Å². The van der Waals surface area contributed by atoms with E-state index in [-0.39, 0.29) is 16.3 Å². The van der Waals surface area contributed by atoms with Gasteiger partial charge in [-0.2, -0.15) is 0 Å². The maximum absolute atomic E-state index is 11.9. The molecule has 1 N–H and O–H groups in total. The Morgan fingerprint density at radius 1 is 1.67 bits per heavy atom. The van der Waals surface area contributed by atoms with Crippen LogP contribution in [0.3, 0.4) is 0 Å². The molecule has 0 aromatic heterocycles. The molecule has 0 aliphatic heterocycles. The number of terminal acetylenes is 1. The maximum atomic E-state index is 11.9. The summed E-state index contributed by atoms with van der Waals surface area (Å²) in [6, 6.07) is 3.40. The third-order valence-corrected chi connectivity index (χ3v) is 2.55. The van der Waals surface area contributed by atoms with E-state index >= 15 is 0 Å². The molecule has 1 amide bonds. The maximum Gasteiger partial charge on any atom is 0.283 e. The van der Waals surface area contributed by atoms with Crippen LogP contribution >= 0.6 is 11.6 Å². The molecule has 0 aliphatic rings. The molecule has 0 radical (unpaired) electrons. The Labute approximate surface area is 109 Å². The van der Waals surface area contributed by atoms with Gasteiger partial charge in [0.15, 0.2) is 0 Å². The number of nitrogens with zero attached hydrogens (tertiary/aromatic N) is 1. The first-order valence-corrected chi connectivity index (χ1v) is 5.58. The van der Waals surface area contributed by atoms with Crippen molar-refractivity contribution < 1.29 is 9.72 Å². The molecule has 1 unspecified atom stereocenters. The number of amides is 1. The van der Waals surface area contributed by atoms with Gasteiger partial charge in [0.1, 0.15) is 5.56 Å². The summed E-state index contributed by atoms with van der Waals surface area (Å²) < 4.78 is 0. The predicted octanol–water partition coefficient (Wildman–Crippen LogP) is 2.39. The fourth-order valence-corrected chi connectivity index (χ4v) is 1.51. The van der Waals surface area contributed by atoms with Gasteiger partial charge in [-0.05, 0) is 18.6 Å². The second-order valence-corrected chi connectivity index (χ2v) is 3.96. The highest BCUT2D eigenvalue weighted by atomic mass is 35.5. The standard InChI is InChI=1S/C12H11ClN2O3/c1-3-9(4-2)14-12(16)10-6-5-8(13)7-11(10)15(17)18/h1,5-7,9H,4H2,2H3,(H,14,16). The Morgan fingerprint density at radius 3 is 2.83 bits per heavy atom. The number of hydrogen-bond acceptors (Lipinski definition) is 3. The van der Waals surface area contributed by atoms with E-state index in [9.17, 15) is 14.9 Å². The van der Waals surface area contributed by atoms with Gasteiger partial charge >= 0.3 is 0 Å². The van der Waals surface area contributed by atoms with Crippen LogP contribution in [0.1, 0.15) is 23.7 Å². The normalized spacial score (nSPS) is 11.4. The lowest BCUT2D eigenvalue weighted by Crippen LogP contribution is -2.33. The summed E-state index contributed by atoms with van der Waals surface area (Å²) in [5.41, 5.74) is -0.398. The van der Waals surface area contributed by atoms with Crippen LogP contribution in [0, 0.1) is 22.5 Å². The summed E-state index contributed by atoms with van der Waals surface area (Å²) in [6.45, 7) is 1.81. The molecule has 5 nitrogen and oxygen atoms in total. The van der Waals surface area contributed by atoms with Crippen molar-refractivity contribution in [3.05, 3.63) is 38.9 Å². The van der Waals surface area contributed by atoms with Crippen molar-refractivity contribution in [1.29, 1.82) is 0 Å². The number of halogens is 1. The quantitative estimate of drug-likeness (QED) is 0.517. The topological polar surface area (TPSA) is 72.2 Å². The molecule has 0 spiro atoms. The summed E-state index contributed by atoms with van der Waals surface area (Å²) in [7, 11) is 0. The number of nitrogens with one attached hydrogen (secondary N) is 1. The fourth-order valence-electron chi connectivity index (χ4n) is 1.35. The largest absolute Gasteiger partial charge is 0.338 e. The van der Waals surface area contributed by atoms with Crippen molar-refractivity contribution in [1.82, 2.24) is 5.32 Å². The molecule has 0 heterocycles. The van der Waals surface area contributed by atoms with E-state index in [1.807, 2.05) is 0 Å². The van der Waals surface area contributed by atoms with Crippen molar-refractivity contribution in [2.45, 2.75) is 19.4 Å². The van der Waals surface area contributed by atoms with E-state index in [2.05, 4.69) is 11.2 Å². The van der Waals surface area contributed by atoms with Crippen LogP contribution < -0.4 is 5.32 Å². The number of carbonyl (C=O) groups excluding carboxylic acids is 1. The van der Waals surface area contributed by atoms with Gasteiger partial charge in [0.05, 0.1) is 11.0 Å². The second-order valence-electron chi connectivity index (χ2n) is 3.52. The molecule has 0 saturated heterocycles. The molecule has 18 heavy (non-hydrogen) atoms. The second kappa shape index (κ2) is 6.03. The van der Waals surface area contributed by atoms with Gasteiger partial charge < -0.3 is 5.32 Å². The van der Waals surface area contributed by atoms with Gasteiger partial charge in [-0.3, -0.25) is 14.9 Å². The summed E-state index contributed by atoms with van der Waals surface area (Å²) >= 11 is 5.66. The molecule has 0 aliphatic carbocycles. The number of nitro groups is 1. The highest BCUT2D eigenvalue weighted by Crippen LogP contribution is 2.23. The molecule has 6 heteroatoms. The van der Waals surface area contributed by atoms with E-state index in [1.54, 1.807) is 6.92 Å². The van der Waals surface area contributed by atoms with Gasteiger partial charge in [-0.15, -0.1) is 6.42 Å². The molecule has 1 aromatic carbocycles. The zero-order valence-electron chi connectivity index (χ0n) is 9.64. The van der Waals surface area contributed by atoms with Crippen LogP contribution in [0.15, 0.2) is 18.2 Å². The summed E-state index contributed by atoms with van der Waals surface area (Å²) in [6.07, 6.45) is 5.76. The van der Waals surface area contributed by atoms with E-state index in [0.717, 1.165) is 6.07 Å². The van der Waals surface area contributed by atoms with Crippen LogP contribution in [-0.2, 0) is 0 Å². The number of carbonyl (C=O) groups is 1.